The fourth-order valence-electron chi connectivity index (χ4n) is 2.45. The van der Waals surface area contributed by atoms with E-state index in [1.165, 1.54) is 6.33 Å². The molecule has 8 nitrogen and oxygen atoms in total. The standard InChI is InChI=1S/C16H13N7O/c1-24-12-6-5-10(8-19-12)23-15(11-4-2-3-7-18-11)22-13-14(17)20-9-21-16(13)23/h2-9H,1H3,(H2,17,20,21). The van der Waals surface area contributed by atoms with E-state index >= 15 is 0 Å². The Balaban J connectivity index is 2.02. The third kappa shape index (κ3) is 2.21. The highest BCUT2D eigenvalue weighted by atomic mass is 16.5. The van der Waals surface area contributed by atoms with Crippen molar-refractivity contribution in [2.24, 2.45) is 0 Å². The molecule has 24 heavy (non-hydrogen) atoms. The van der Waals surface area contributed by atoms with Crippen LogP contribution in [-0.2, 0) is 0 Å². The summed E-state index contributed by atoms with van der Waals surface area (Å²) in [5.74, 6) is 1.46. The summed E-state index contributed by atoms with van der Waals surface area (Å²) in [5.41, 5.74) is 8.55. The van der Waals surface area contributed by atoms with Gasteiger partial charge in [-0.15, -0.1) is 0 Å². The number of fused-ring (bicyclic) bond motifs is 1. The van der Waals surface area contributed by atoms with Crippen LogP contribution in [0.1, 0.15) is 0 Å². The van der Waals surface area contributed by atoms with Crippen molar-refractivity contribution in [3.63, 3.8) is 0 Å². The maximum Gasteiger partial charge on any atom is 0.213 e. The van der Waals surface area contributed by atoms with Crippen LogP contribution in [0.5, 0.6) is 5.88 Å². The minimum Gasteiger partial charge on any atom is -0.481 e. The van der Waals surface area contributed by atoms with Crippen molar-refractivity contribution in [3.05, 3.63) is 49.1 Å². The van der Waals surface area contributed by atoms with Crippen molar-refractivity contribution in [2.75, 3.05) is 12.8 Å². The molecular formula is C16H13N7O. The molecular weight excluding hydrogens is 306 g/mol. The Morgan fingerprint density at radius 1 is 1.04 bits per heavy atom. The smallest absolute Gasteiger partial charge is 0.213 e. The molecule has 0 saturated heterocycles. The second kappa shape index (κ2) is 5.58. The van der Waals surface area contributed by atoms with Gasteiger partial charge in [0, 0.05) is 12.3 Å². The lowest BCUT2D eigenvalue weighted by atomic mass is 10.3. The van der Waals surface area contributed by atoms with Gasteiger partial charge in [-0.25, -0.2) is 19.9 Å². The summed E-state index contributed by atoms with van der Waals surface area (Å²) in [4.78, 5) is 21.6. The minimum atomic E-state index is 0.317. The first kappa shape index (κ1) is 14.1. The van der Waals surface area contributed by atoms with Gasteiger partial charge in [0.05, 0.1) is 19.0 Å². The fraction of sp³-hybridized carbons (Fsp3) is 0.0625. The lowest BCUT2D eigenvalue weighted by Gasteiger charge is -2.08. The number of methoxy groups -OCH3 is 1. The summed E-state index contributed by atoms with van der Waals surface area (Å²) in [6.07, 6.45) is 4.81. The zero-order valence-corrected chi connectivity index (χ0v) is 12.8. The van der Waals surface area contributed by atoms with Crippen LogP contribution in [-0.4, -0.2) is 36.6 Å². The average molecular weight is 319 g/mol. The van der Waals surface area contributed by atoms with Gasteiger partial charge in [-0.2, -0.15) is 0 Å². The van der Waals surface area contributed by atoms with E-state index in [-0.39, 0.29) is 0 Å². The van der Waals surface area contributed by atoms with Crippen LogP contribution >= 0.6 is 0 Å². The lowest BCUT2D eigenvalue weighted by molar-refractivity contribution is 0.398. The van der Waals surface area contributed by atoms with Crippen molar-refractivity contribution in [1.29, 1.82) is 0 Å². The van der Waals surface area contributed by atoms with Crippen molar-refractivity contribution < 1.29 is 4.74 Å². The first-order valence-corrected chi connectivity index (χ1v) is 7.18. The largest absolute Gasteiger partial charge is 0.481 e. The van der Waals surface area contributed by atoms with E-state index in [4.69, 9.17) is 10.5 Å². The number of hydrogen-bond donors (Lipinski definition) is 1. The van der Waals surface area contributed by atoms with Crippen LogP contribution in [0, 0.1) is 0 Å². The SMILES string of the molecule is COc1ccc(-n2c(-c3ccccn3)nc3c(N)ncnc32)cn1. The molecule has 0 aliphatic carbocycles. The van der Waals surface area contributed by atoms with E-state index < -0.39 is 0 Å². The van der Waals surface area contributed by atoms with Gasteiger partial charge < -0.3 is 10.5 Å². The van der Waals surface area contributed by atoms with Gasteiger partial charge in [-0.1, -0.05) is 6.07 Å². The molecule has 0 aromatic carbocycles. The molecule has 0 saturated carbocycles. The summed E-state index contributed by atoms with van der Waals surface area (Å²) in [5, 5.41) is 0. The second-order valence-electron chi connectivity index (χ2n) is 4.98. The lowest BCUT2D eigenvalue weighted by Crippen LogP contribution is -2.01. The Morgan fingerprint density at radius 2 is 1.96 bits per heavy atom. The molecule has 4 aromatic heterocycles. The monoisotopic (exact) mass is 319 g/mol. The van der Waals surface area contributed by atoms with E-state index in [2.05, 4.69) is 24.9 Å². The summed E-state index contributed by atoms with van der Waals surface area (Å²) in [7, 11) is 1.57. The van der Waals surface area contributed by atoms with Gasteiger partial charge in [-0.3, -0.25) is 9.55 Å². The van der Waals surface area contributed by atoms with Gasteiger partial charge in [0.15, 0.2) is 22.8 Å². The molecule has 4 heterocycles. The van der Waals surface area contributed by atoms with Gasteiger partial charge >= 0.3 is 0 Å². The maximum absolute atomic E-state index is 5.96. The van der Waals surface area contributed by atoms with Crippen LogP contribution in [0.4, 0.5) is 5.82 Å². The molecule has 8 heteroatoms. The third-order valence-electron chi connectivity index (χ3n) is 3.55. The van der Waals surface area contributed by atoms with Crippen LogP contribution < -0.4 is 10.5 Å². The van der Waals surface area contributed by atoms with Crippen LogP contribution in [0.3, 0.4) is 0 Å². The number of nitrogens with two attached hydrogens (primary N) is 1. The second-order valence-corrected chi connectivity index (χ2v) is 4.98. The summed E-state index contributed by atoms with van der Waals surface area (Å²) >= 11 is 0. The van der Waals surface area contributed by atoms with Crippen LogP contribution in [0.15, 0.2) is 49.1 Å². The maximum atomic E-state index is 5.96. The average Bonchev–Trinajstić information content (AvgIpc) is 3.03. The molecule has 0 spiro atoms. The van der Waals surface area contributed by atoms with Gasteiger partial charge in [0.2, 0.25) is 5.88 Å². The Kier molecular flexibility index (Phi) is 3.27. The predicted octanol–water partition coefficient (Wildman–Crippen LogP) is 1.86. The quantitative estimate of drug-likeness (QED) is 0.614. The van der Waals surface area contributed by atoms with Crippen molar-refractivity contribution >= 4 is 17.0 Å². The number of ether oxygens (including phenoxy) is 1. The van der Waals surface area contributed by atoms with E-state index in [1.807, 2.05) is 28.8 Å². The minimum absolute atomic E-state index is 0.317. The molecule has 0 bridgehead atoms. The Labute approximate surface area is 137 Å². The molecule has 0 atom stereocenters. The molecule has 0 aliphatic heterocycles. The first-order chi connectivity index (χ1) is 11.8. The zero-order chi connectivity index (χ0) is 16.5. The Morgan fingerprint density at radius 3 is 2.67 bits per heavy atom. The molecule has 0 aliphatic rings. The van der Waals surface area contributed by atoms with Gasteiger partial charge in [0.25, 0.3) is 0 Å². The normalized spacial score (nSPS) is 10.9. The molecule has 4 rings (SSSR count). The number of anilines is 1. The fourth-order valence-corrected chi connectivity index (χ4v) is 2.45. The molecule has 0 unspecified atom stereocenters. The molecule has 0 amide bonds. The number of hydrogen-bond acceptors (Lipinski definition) is 7. The van der Waals surface area contributed by atoms with Crippen LogP contribution in [0.2, 0.25) is 0 Å². The topological polar surface area (TPSA) is 105 Å². The number of rotatable bonds is 3. The first-order valence-electron chi connectivity index (χ1n) is 7.18. The summed E-state index contributed by atoms with van der Waals surface area (Å²) < 4.78 is 6.96. The van der Waals surface area contributed by atoms with Crippen LogP contribution in [0.25, 0.3) is 28.4 Å². The van der Waals surface area contributed by atoms with Crippen molar-refractivity contribution in [1.82, 2.24) is 29.5 Å². The Hall–Kier alpha value is -3.55. The van der Waals surface area contributed by atoms with E-state index in [0.717, 1.165) is 5.69 Å². The highest BCUT2D eigenvalue weighted by Crippen LogP contribution is 2.28. The summed E-state index contributed by atoms with van der Waals surface area (Å²) in [6, 6.07) is 9.26. The number of nitrogens with zero attached hydrogens (tertiary/aromatic N) is 6. The van der Waals surface area contributed by atoms with Crippen molar-refractivity contribution in [3.8, 4) is 23.1 Å². The number of pyridine rings is 2. The number of imidazole rings is 1. The molecule has 0 radical (unpaired) electrons. The zero-order valence-electron chi connectivity index (χ0n) is 12.8. The molecule has 118 valence electrons. The van der Waals surface area contributed by atoms with Gasteiger partial charge in [-0.05, 0) is 18.2 Å². The number of aromatic nitrogens is 6. The molecule has 4 aromatic rings. The van der Waals surface area contributed by atoms with E-state index in [0.29, 0.717) is 34.4 Å². The molecule has 0 fully saturated rings. The summed E-state index contributed by atoms with van der Waals surface area (Å²) in [6.45, 7) is 0. The highest BCUT2D eigenvalue weighted by Gasteiger charge is 2.18. The third-order valence-corrected chi connectivity index (χ3v) is 3.55. The van der Waals surface area contributed by atoms with Gasteiger partial charge in [0.1, 0.15) is 12.0 Å². The molecule has 2 N–H and O–H groups in total. The predicted molar refractivity (Wildman–Crippen MR) is 88.7 cm³/mol. The Bertz CT molecular complexity index is 996. The van der Waals surface area contributed by atoms with E-state index in [1.54, 1.807) is 25.6 Å². The van der Waals surface area contributed by atoms with Crippen molar-refractivity contribution in [2.45, 2.75) is 0 Å². The number of nitrogen functional groups attached to an aromatic ring is 1. The highest BCUT2D eigenvalue weighted by molar-refractivity contribution is 5.86. The van der Waals surface area contributed by atoms with E-state index in [9.17, 15) is 0 Å².